The molecule has 220 valence electrons. The summed E-state index contributed by atoms with van der Waals surface area (Å²) >= 11 is 0. The minimum atomic E-state index is -4.67. The van der Waals surface area contributed by atoms with Crippen LogP contribution in [0.15, 0.2) is 41.3 Å². The standard InChI is InChI=1S/C27H27F4N3O6S/c1-39-25-15-20(41(2,37)38)5-6-22(25)32-9-3-4-19-14-21-23(33(19)16-27(29,30)31)12-17(28)13-24(21)34(26(35)36)18-7-10-40-11-8-18/h5-6,12-15,18,32H,7-11,16H2,1-2H3,(H,35,36). The van der Waals surface area contributed by atoms with Gasteiger partial charge in [0.05, 0.1) is 41.1 Å². The van der Waals surface area contributed by atoms with Crippen molar-refractivity contribution in [2.24, 2.45) is 0 Å². The molecule has 1 aliphatic heterocycles. The van der Waals surface area contributed by atoms with Crippen LogP contribution in [0.2, 0.25) is 0 Å². The van der Waals surface area contributed by atoms with Crippen LogP contribution in [0.3, 0.4) is 0 Å². The van der Waals surface area contributed by atoms with Gasteiger partial charge in [-0.05, 0) is 49.1 Å². The molecule has 0 bridgehead atoms. The fraction of sp³-hybridized carbons (Fsp3) is 0.370. The largest absolute Gasteiger partial charge is 0.495 e. The van der Waals surface area contributed by atoms with Gasteiger partial charge in [0.15, 0.2) is 9.84 Å². The summed E-state index contributed by atoms with van der Waals surface area (Å²) in [6.07, 6.45) is -4.28. The number of carbonyl (C=O) groups is 1. The number of anilines is 2. The Morgan fingerprint density at radius 2 is 1.93 bits per heavy atom. The number of hydrogen-bond donors (Lipinski definition) is 2. The number of amides is 1. The number of alkyl halides is 3. The van der Waals surface area contributed by atoms with E-state index in [-0.39, 0.29) is 39.5 Å². The van der Waals surface area contributed by atoms with Crippen LogP contribution >= 0.6 is 0 Å². The lowest BCUT2D eigenvalue weighted by Crippen LogP contribution is -2.43. The van der Waals surface area contributed by atoms with E-state index in [2.05, 4.69) is 17.2 Å². The average molecular weight is 598 g/mol. The SMILES string of the molecule is COc1cc(S(C)(=O)=O)ccc1NCC#Cc1cc2c(N(C(=O)O)C3CCOCC3)cc(F)cc2n1CC(F)(F)F. The summed E-state index contributed by atoms with van der Waals surface area (Å²) in [5, 5.41) is 13.0. The number of rotatable bonds is 7. The molecule has 1 fully saturated rings. The molecule has 4 rings (SSSR count). The van der Waals surface area contributed by atoms with Crippen LogP contribution in [-0.4, -0.2) is 69.5 Å². The number of sulfone groups is 1. The Kier molecular flexibility index (Phi) is 8.69. The second-order valence-electron chi connectivity index (χ2n) is 9.37. The van der Waals surface area contributed by atoms with E-state index >= 15 is 0 Å². The molecule has 14 heteroatoms. The van der Waals surface area contributed by atoms with Crippen molar-refractivity contribution in [2.75, 3.05) is 43.3 Å². The number of fused-ring (bicyclic) bond motifs is 1. The van der Waals surface area contributed by atoms with Crippen molar-refractivity contribution in [3.8, 4) is 17.6 Å². The lowest BCUT2D eigenvalue weighted by molar-refractivity contribution is -0.140. The van der Waals surface area contributed by atoms with Crippen molar-refractivity contribution < 1.29 is 45.4 Å². The Hall–Kier alpha value is -3.96. The molecule has 41 heavy (non-hydrogen) atoms. The topological polar surface area (TPSA) is 110 Å². The summed E-state index contributed by atoms with van der Waals surface area (Å²) in [4.78, 5) is 13.3. The Balaban J connectivity index is 1.72. The summed E-state index contributed by atoms with van der Waals surface area (Å²) in [6, 6.07) is 6.87. The lowest BCUT2D eigenvalue weighted by Gasteiger charge is -2.32. The number of ether oxygens (including phenoxy) is 2. The van der Waals surface area contributed by atoms with Gasteiger partial charge in [0.1, 0.15) is 18.1 Å². The first-order valence-electron chi connectivity index (χ1n) is 12.4. The van der Waals surface area contributed by atoms with E-state index in [1.165, 1.54) is 31.4 Å². The zero-order chi connectivity index (χ0) is 29.9. The minimum Gasteiger partial charge on any atom is -0.495 e. The monoisotopic (exact) mass is 597 g/mol. The minimum absolute atomic E-state index is 0.0434. The van der Waals surface area contributed by atoms with Gasteiger partial charge in [-0.15, -0.1) is 0 Å². The summed E-state index contributed by atoms with van der Waals surface area (Å²) in [7, 11) is -2.12. The maximum Gasteiger partial charge on any atom is 0.412 e. The van der Waals surface area contributed by atoms with Crippen LogP contribution in [-0.2, 0) is 21.1 Å². The van der Waals surface area contributed by atoms with Gasteiger partial charge in [-0.1, -0.05) is 5.92 Å². The molecule has 2 aromatic carbocycles. The first-order chi connectivity index (χ1) is 19.3. The number of nitrogens with zero attached hydrogens (tertiary/aromatic N) is 2. The molecule has 9 nitrogen and oxygen atoms in total. The molecule has 2 heterocycles. The van der Waals surface area contributed by atoms with Gasteiger partial charge in [-0.25, -0.2) is 17.6 Å². The molecule has 0 atom stereocenters. The van der Waals surface area contributed by atoms with Crippen molar-refractivity contribution in [3.05, 3.63) is 47.9 Å². The van der Waals surface area contributed by atoms with Gasteiger partial charge in [0, 0.05) is 37.0 Å². The van der Waals surface area contributed by atoms with Gasteiger partial charge in [0.2, 0.25) is 0 Å². The number of carboxylic acid groups (broad SMARTS) is 1. The van der Waals surface area contributed by atoms with Crippen LogP contribution in [0.25, 0.3) is 10.9 Å². The predicted molar refractivity (Wildman–Crippen MR) is 144 cm³/mol. The van der Waals surface area contributed by atoms with E-state index in [9.17, 15) is 35.9 Å². The fourth-order valence-corrected chi connectivity index (χ4v) is 5.32. The highest BCUT2D eigenvalue weighted by atomic mass is 32.2. The van der Waals surface area contributed by atoms with E-state index in [1.54, 1.807) is 0 Å². The third kappa shape index (κ3) is 7.04. The average Bonchev–Trinajstić information content (AvgIpc) is 3.22. The zero-order valence-electron chi connectivity index (χ0n) is 22.1. The van der Waals surface area contributed by atoms with E-state index in [0.717, 1.165) is 27.9 Å². The molecule has 1 aromatic heterocycles. The van der Waals surface area contributed by atoms with E-state index in [0.29, 0.717) is 31.7 Å². The molecule has 3 aromatic rings. The second kappa shape index (κ2) is 11.9. The van der Waals surface area contributed by atoms with Gasteiger partial charge >= 0.3 is 12.3 Å². The van der Waals surface area contributed by atoms with Gasteiger partial charge in [-0.2, -0.15) is 13.2 Å². The molecule has 0 saturated carbocycles. The summed E-state index contributed by atoms with van der Waals surface area (Å²) in [6.45, 7) is -0.935. The van der Waals surface area contributed by atoms with Crippen molar-refractivity contribution in [3.63, 3.8) is 0 Å². The molecule has 1 saturated heterocycles. The third-order valence-electron chi connectivity index (χ3n) is 6.51. The number of aromatic nitrogens is 1. The molecule has 0 radical (unpaired) electrons. The number of methoxy groups -OCH3 is 1. The first kappa shape index (κ1) is 30.0. The molecular weight excluding hydrogens is 570 g/mol. The number of halogens is 4. The molecule has 0 spiro atoms. The van der Waals surface area contributed by atoms with E-state index in [1.807, 2.05) is 0 Å². The summed E-state index contributed by atoms with van der Waals surface area (Å²) in [5.41, 5.74) is 0.0914. The highest BCUT2D eigenvalue weighted by Gasteiger charge is 2.33. The Bertz CT molecular complexity index is 1620. The number of hydrogen-bond acceptors (Lipinski definition) is 6. The maximum absolute atomic E-state index is 14.7. The van der Waals surface area contributed by atoms with E-state index < -0.39 is 40.5 Å². The Labute approximate surface area is 233 Å². The zero-order valence-corrected chi connectivity index (χ0v) is 22.9. The van der Waals surface area contributed by atoms with Crippen LogP contribution in [0.4, 0.5) is 33.7 Å². The summed E-state index contributed by atoms with van der Waals surface area (Å²) < 4.78 is 90.4. The second-order valence-corrected chi connectivity index (χ2v) is 11.4. The molecular formula is C27H27F4N3O6S. The van der Waals surface area contributed by atoms with Crippen molar-refractivity contribution in [1.29, 1.82) is 0 Å². The van der Waals surface area contributed by atoms with Crippen molar-refractivity contribution in [2.45, 2.75) is 36.5 Å². The normalized spacial score (nSPS) is 14.4. The quantitative estimate of drug-likeness (QED) is 0.295. The van der Waals surface area contributed by atoms with E-state index in [4.69, 9.17) is 9.47 Å². The molecule has 2 N–H and O–H groups in total. The lowest BCUT2D eigenvalue weighted by atomic mass is 10.1. The molecule has 0 aliphatic carbocycles. The van der Waals surface area contributed by atoms with Gasteiger partial charge < -0.3 is 24.5 Å². The predicted octanol–water partition coefficient (Wildman–Crippen LogP) is 4.88. The van der Waals surface area contributed by atoms with Crippen molar-refractivity contribution >= 4 is 38.2 Å². The number of benzene rings is 2. The fourth-order valence-electron chi connectivity index (χ4n) is 4.68. The molecule has 0 unspecified atom stereocenters. The van der Waals surface area contributed by atoms with Crippen LogP contribution in [0, 0.1) is 17.7 Å². The molecule has 1 amide bonds. The Morgan fingerprint density at radius 1 is 1.22 bits per heavy atom. The smallest absolute Gasteiger partial charge is 0.412 e. The number of nitrogens with one attached hydrogen (secondary N) is 1. The van der Waals surface area contributed by atoms with Gasteiger partial charge in [0.25, 0.3) is 0 Å². The maximum atomic E-state index is 14.7. The molecule has 1 aliphatic rings. The highest BCUT2D eigenvalue weighted by molar-refractivity contribution is 7.90. The van der Waals surface area contributed by atoms with Crippen LogP contribution < -0.4 is 15.0 Å². The summed E-state index contributed by atoms with van der Waals surface area (Å²) in [5.74, 6) is 4.72. The van der Waals surface area contributed by atoms with Crippen LogP contribution in [0.5, 0.6) is 5.75 Å². The first-order valence-corrected chi connectivity index (χ1v) is 14.3. The Morgan fingerprint density at radius 3 is 2.54 bits per heavy atom. The van der Waals surface area contributed by atoms with Gasteiger partial charge in [-0.3, -0.25) is 4.90 Å². The third-order valence-corrected chi connectivity index (χ3v) is 7.62. The van der Waals surface area contributed by atoms with Crippen LogP contribution in [0.1, 0.15) is 18.5 Å². The van der Waals surface area contributed by atoms with Crippen molar-refractivity contribution in [1.82, 2.24) is 4.57 Å². The highest BCUT2D eigenvalue weighted by Crippen LogP contribution is 2.35.